The Morgan fingerprint density at radius 2 is 1.83 bits per heavy atom. The smallest absolute Gasteiger partial charge is 0.159 e. The van der Waals surface area contributed by atoms with E-state index in [1.807, 2.05) is 48.9 Å². The molecule has 30 heavy (non-hydrogen) atoms. The molecule has 0 N–H and O–H groups in total. The quantitative estimate of drug-likeness (QED) is 0.480. The zero-order chi connectivity index (χ0) is 21.3. The maximum atomic E-state index is 11.8. The molecule has 1 aromatic carbocycles. The number of aldehydes is 1. The second kappa shape index (κ2) is 8.28. The molecule has 2 aromatic heterocycles. The molecule has 0 atom stereocenters. The van der Waals surface area contributed by atoms with E-state index in [-0.39, 0.29) is 0 Å². The van der Waals surface area contributed by atoms with Gasteiger partial charge in [0, 0.05) is 49.8 Å². The van der Waals surface area contributed by atoms with E-state index in [4.69, 9.17) is 4.74 Å². The van der Waals surface area contributed by atoms with E-state index in [1.54, 1.807) is 7.11 Å². The van der Waals surface area contributed by atoms with Crippen LogP contribution >= 0.6 is 0 Å². The Bertz CT molecular complexity index is 1110. The molecule has 0 radical (unpaired) electrons. The Morgan fingerprint density at radius 3 is 2.53 bits per heavy atom. The maximum absolute atomic E-state index is 11.8. The zero-order valence-corrected chi connectivity index (χ0v) is 17.9. The van der Waals surface area contributed by atoms with Crippen molar-refractivity contribution in [3.63, 3.8) is 0 Å². The average Bonchev–Trinajstić information content (AvgIpc) is 3.16. The van der Waals surface area contributed by atoms with E-state index >= 15 is 0 Å². The predicted molar refractivity (Wildman–Crippen MR) is 119 cm³/mol. The molecule has 0 aliphatic carbocycles. The van der Waals surface area contributed by atoms with Crippen molar-refractivity contribution in [2.45, 2.75) is 13.8 Å². The summed E-state index contributed by atoms with van der Waals surface area (Å²) >= 11 is 0. The number of benzene rings is 1. The Hall–Kier alpha value is -3.19. The van der Waals surface area contributed by atoms with Gasteiger partial charge in [0.2, 0.25) is 0 Å². The Kier molecular flexibility index (Phi) is 5.55. The second-order valence-electron chi connectivity index (χ2n) is 7.76. The standard InChI is InChI=1S/C23H27N5O2/c1-16-13-28-14-21(25-23(28)17(2)24-16)22(30-4)12-18-5-6-20(11-19(18)15-29)27-9-7-26(3)8-10-27/h5-6,11-15H,7-10H2,1-4H3/b22-12-. The first-order chi connectivity index (χ1) is 14.5. The van der Waals surface area contributed by atoms with Crippen LogP contribution in [0.5, 0.6) is 0 Å². The minimum atomic E-state index is 0.603. The number of ether oxygens (including phenoxy) is 1. The van der Waals surface area contributed by atoms with Gasteiger partial charge in [0.1, 0.15) is 11.5 Å². The number of hydrogen-bond acceptors (Lipinski definition) is 6. The first kappa shape index (κ1) is 20.1. The summed E-state index contributed by atoms with van der Waals surface area (Å²) in [5.41, 5.74) is 5.80. The highest BCUT2D eigenvalue weighted by Crippen LogP contribution is 2.25. The van der Waals surface area contributed by atoms with Crippen LogP contribution in [0.4, 0.5) is 5.69 Å². The SMILES string of the molecule is CO/C(=C\c1ccc(N2CCN(C)CC2)cc1C=O)c1cn2cc(C)nc(C)c2n1. The van der Waals surface area contributed by atoms with Gasteiger partial charge in [0.15, 0.2) is 11.9 Å². The molecule has 1 aliphatic heterocycles. The van der Waals surface area contributed by atoms with Crippen molar-refractivity contribution >= 4 is 29.5 Å². The molecule has 3 aromatic rings. The highest BCUT2D eigenvalue weighted by Gasteiger charge is 2.16. The van der Waals surface area contributed by atoms with Crippen LogP contribution in [-0.2, 0) is 4.74 Å². The number of aryl methyl sites for hydroxylation is 2. The first-order valence-electron chi connectivity index (χ1n) is 10.1. The van der Waals surface area contributed by atoms with Gasteiger partial charge in [-0.05, 0) is 44.7 Å². The number of methoxy groups -OCH3 is 1. The number of aromatic nitrogens is 3. The Labute approximate surface area is 176 Å². The number of rotatable bonds is 5. The molecule has 0 amide bonds. The van der Waals surface area contributed by atoms with Crippen molar-refractivity contribution in [3.05, 3.63) is 58.8 Å². The lowest BCUT2D eigenvalue weighted by molar-refractivity contribution is 0.112. The number of piperazine rings is 1. The molecule has 1 fully saturated rings. The van der Waals surface area contributed by atoms with Crippen LogP contribution in [0.1, 0.15) is 33.0 Å². The summed E-state index contributed by atoms with van der Waals surface area (Å²) in [4.78, 5) is 25.6. The molecule has 7 heteroatoms. The molecular formula is C23H27N5O2. The molecule has 1 saturated heterocycles. The number of fused-ring (bicyclic) bond motifs is 1. The summed E-state index contributed by atoms with van der Waals surface area (Å²) in [6.07, 6.45) is 6.63. The first-order valence-corrected chi connectivity index (χ1v) is 10.1. The van der Waals surface area contributed by atoms with Gasteiger partial charge < -0.3 is 18.9 Å². The molecule has 3 heterocycles. The summed E-state index contributed by atoms with van der Waals surface area (Å²) in [6, 6.07) is 6.00. The molecule has 4 rings (SSSR count). The van der Waals surface area contributed by atoms with Crippen molar-refractivity contribution < 1.29 is 9.53 Å². The summed E-state index contributed by atoms with van der Waals surface area (Å²) in [5, 5.41) is 0. The zero-order valence-electron chi connectivity index (χ0n) is 17.9. The fraction of sp³-hybridized carbons (Fsp3) is 0.348. The Balaban J connectivity index is 1.68. The van der Waals surface area contributed by atoms with Crippen LogP contribution < -0.4 is 4.90 Å². The topological polar surface area (TPSA) is 63.0 Å². The van der Waals surface area contributed by atoms with Crippen molar-refractivity contribution in [1.29, 1.82) is 0 Å². The predicted octanol–water partition coefficient (Wildman–Crippen LogP) is 3.05. The van der Waals surface area contributed by atoms with E-state index in [0.717, 1.165) is 60.8 Å². The third-order valence-corrected chi connectivity index (χ3v) is 5.55. The van der Waals surface area contributed by atoms with Crippen molar-refractivity contribution in [2.24, 2.45) is 0 Å². The number of anilines is 1. The van der Waals surface area contributed by atoms with Crippen LogP contribution in [0.3, 0.4) is 0 Å². The van der Waals surface area contributed by atoms with Gasteiger partial charge in [0.25, 0.3) is 0 Å². The summed E-state index contributed by atoms with van der Waals surface area (Å²) in [6.45, 7) is 7.86. The molecule has 0 saturated carbocycles. The van der Waals surface area contributed by atoms with Crippen molar-refractivity contribution in [2.75, 3.05) is 45.2 Å². The number of hydrogen-bond donors (Lipinski definition) is 0. The van der Waals surface area contributed by atoms with Crippen LogP contribution in [-0.4, -0.2) is 65.9 Å². The molecule has 0 bridgehead atoms. The third-order valence-electron chi connectivity index (χ3n) is 5.55. The molecule has 0 unspecified atom stereocenters. The summed E-state index contributed by atoms with van der Waals surface area (Å²) < 4.78 is 7.59. The van der Waals surface area contributed by atoms with Crippen LogP contribution in [0.15, 0.2) is 30.6 Å². The van der Waals surface area contributed by atoms with Gasteiger partial charge in [-0.15, -0.1) is 0 Å². The summed E-state index contributed by atoms with van der Waals surface area (Å²) in [7, 11) is 3.75. The normalized spacial score (nSPS) is 15.6. The fourth-order valence-electron chi connectivity index (χ4n) is 3.86. The van der Waals surface area contributed by atoms with Crippen molar-refractivity contribution in [1.82, 2.24) is 19.3 Å². The van der Waals surface area contributed by atoms with Crippen LogP contribution in [0.25, 0.3) is 17.5 Å². The van der Waals surface area contributed by atoms with Gasteiger partial charge in [0.05, 0.1) is 18.5 Å². The van der Waals surface area contributed by atoms with Crippen molar-refractivity contribution in [3.8, 4) is 0 Å². The van der Waals surface area contributed by atoms with Gasteiger partial charge in [-0.1, -0.05) is 6.07 Å². The van der Waals surface area contributed by atoms with E-state index in [1.165, 1.54) is 0 Å². The summed E-state index contributed by atoms with van der Waals surface area (Å²) in [5.74, 6) is 0.603. The lowest BCUT2D eigenvalue weighted by atomic mass is 10.1. The highest BCUT2D eigenvalue weighted by molar-refractivity contribution is 5.88. The molecule has 1 aliphatic rings. The third kappa shape index (κ3) is 3.93. The molecular weight excluding hydrogens is 378 g/mol. The molecule has 156 valence electrons. The second-order valence-corrected chi connectivity index (χ2v) is 7.76. The number of carbonyl (C=O) groups is 1. The van der Waals surface area contributed by atoms with Gasteiger partial charge in [-0.2, -0.15) is 0 Å². The minimum Gasteiger partial charge on any atom is -0.494 e. The maximum Gasteiger partial charge on any atom is 0.159 e. The number of nitrogens with zero attached hydrogens (tertiary/aromatic N) is 5. The highest BCUT2D eigenvalue weighted by atomic mass is 16.5. The monoisotopic (exact) mass is 405 g/mol. The van der Waals surface area contributed by atoms with E-state index in [0.29, 0.717) is 17.0 Å². The number of imidazole rings is 1. The minimum absolute atomic E-state index is 0.603. The lowest BCUT2D eigenvalue weighted by Crippen LogP contribution is -2.44. The molecule has 0 spiro atoms. The largest absolute Gasteiger partial charge is 0.494 e. The van der Waals surface area contributed by atoms with E-state index < -0.39 is 0 Å². The van der Waals surface area contributed by atoms with Crippen LogP contribution in [0, 0.1) is 13.8 Å². The van der Waals surface area contributed by atoms with E-state index in [9.17, 15) is 4.79 Å². The van der Waals surface area contributed by atoms with Crippen LogP contribution in [0.2, 0.25) is 0 Å². The number of carbonyl (C=O) groups excluding carboxylic acids is 1. The number of likely N-dealkylation sites (N-methyl/N-ethyl adjacent to an activating group) is 1. The van der Waals surface area contributed by atoms with E-state index in [2.05, 4.69) is 32.9 Å². The lowest BCUT2D eigenvalue weighted by Gasteiger charge is -2.34. The Morgan fingerprint density at radius 1 is 1.07 bits per heavy atom. The van der Waals surface area contributed by atoms with Gasteiger partial charge >= 0.3 is 0 Å². The average molecular weight is 406 g/mol. The molecule has 7 nitrogen and oxygen atoms in total. The van der Waals surface area contributed by atoms with Gasteiger partial charge in [-0.25, -0.2) is 4.98 Å². The fourth-order valence-corrected chi connectivity index (χ4v) is 3.86. The van der Waals surface area contributed by atoms with Gasteiger partial charge in [-0.3, -0.25) is 9.78 Å².